The van der Waals surface area contributed by atoms with Gasteiger partial charge >= 0.3 is 18.0 Å². The quantitative estimate of drug-likeness (QED) is 0.261. The molecule has 0 bridgehead atoms. The summed E-state index contributed by atoms with van der Waals surface area (Å²) in [7, 11) is 0. The van der Waals surface area contributed by atoms with Gasteiger partial charge in [-0.3, -0.25) is 4.90 Å². The summed E-state index contributed by atoms with van der Waals surface area (Å²) in [4.78, 5) is 38.8. The molecule has 4 rings (SSSR count). The second kappa shape index (κ2) is 13.3. The molecule has 3 aromatic rings. The van der Waals surface area contributed by atoms with Crippen LogP contribution in [0.25, 0.3) is 10.4 Å². The number of hydrogen-bond acceptors (Lipinski definition) is 5. The first-order chi connectivity index (χ1) is 18.8. The van der Waals surface area contributed by atoms with Gasteiger partial charge in [-0.1, -0.05) is 61.7 Å². The average Bonchev–Trinajstić information content (AvgIpc) is 3.28. The minimum Gasteiger partial charge on any atom is -0.480 e. The Balaban J connectivity index is 1.60. The number of hydrogen-bond donors (Lipinski definition) is 3. The largest absolute Gasteiger partial charge is 0.480 e. The van der Waals surface area contributed by atoms with E-state index in [1.165, 1.54) is 19.3 Å². The van der Waals surface area contributed by atoms with Crippen molar-refractivity contribution in [3.63, 3.8) is 0 Å². The third kappa shape index (κ3) is 7.38. The summed E-state index contributed by atoms with van der Waals surface area (Å²) >= 11 is 1.04. The summed E-state index contributed by atoms with van der Waals surface area (Å²) < 4.78 is 5.35. The molecule has 0 saturated heterocycles. The van der Waals surface area contributed by atoms with Crippen LogP contribution >= 0.6 is 11.3 Å². The van der Waals surface area contributed by atoms with Gasteiger partial charge in [0.15, 0.2) is 11.5 Å². The molecule has 1 fully saturated rings. The molecule has 1 aliphatic rings. The van der Waals surface area contributed by atoms with Gasteiger partial charge in [-0.15, -0.1) is 11.3 Å². The first-order valence-corrected chi connectivity index (χ1v) is 14.1. The van der Waals surface area contributed by atoms with Crippen LogP contribution in [0, 0.1) is 12.8 Å². The lowest BCUT2D eigenvalue weighted by molar-refractivity contribution is -0.139. The van der Waals surface area contributed by atoms with Gasteiger partial charge in [0.25, 0.3) is 0 Å². The molecule has 0 spiro atoms. The van der Waals surface area contributed by atoms with E-state index in [2.05, 4.69) is 5.32 Å². The molecule has 1 aliphatic carbocycles. The van der Waals surface area contributed by atoms with Gasteiger partial charge in [0.1, 0.15) is 5.75 Å². The SMILES string of the molecule is Cc1c(-c2cccc(N(CC3CCCCC3)C(=O)NCCc3ccccc3)c2)sc(C(=O)O)c1OCC(=O)O. The number of carboxylic acid groups (broad SMARTS) is 2. The Hall–Kier alpha value is -3.85. The molecule has 0 radical (unpaired) electrons. The zero-order valence-electron chi connectivity index (χ0n) is 22.0. The number of amides is 2. The molecule has 0 aliphatic heterocycles. The molecule has 3 N–H and O–H groups in total. The smallest absolute Gasteiger partial charge is 0.349 e. The second-order valence-electron chi connectivity index (χ2n) is 9.83. The number of urea groups is 1. The molecule has 9 heteroatoms. The number of carbonyl (C=O) groups is 3. The monoisotopic (exact) mass is 550 g/mol. The van der Waals surface area contributed by atoms with Crippen molar-refractivity contribution in [2.45, 2.75) is 45.4 Å². The highest BCUT2D eigenvalue weighted by molar-refractivity contribution is 7.18. The van der Waals surface area contributed by atoms with E-state index >= 15 is 0 Å². The maximum Gasteiger partial charge on any atom is 0.349 e. The van der Waals surface area contributed by atoms with Crippen LogP contribution in [0.3, 0.4) is 0 Å². The van der Waals surface area contributed by atoms with Crippen LogP contribution in [0.5, 0.6) is 5.75 Å². The van der Waals surface area contributed by atoms with E-state index in [9.17, 15) is 19.5 Å². The van der Waals surface area contributed by atoms with Crippen LogP contribution in [0.2, 0.25) is 0 Å². The second-order valence-corrected chi connectivity index (χ2v) is 10.9. The highest BCUT2D eigenvalue weighted by Gasteiger charge is 2.25. The van der Waals surface area contributed by atoms with E-state index in [0.29, 0.717) is 29.4 Å². The Morgan fingerprint density at radius 2 is 1.77 bits per heavy atom. The van der Waals surface area contributed by atoms with Gasteiger partial charge in [-0.2, -0.15) is 0 Å². The average molecular weight is 551 g/mol. The molecular formula is C30H34N2O6S. The summed E-state index contributed by atoms with van der Waals surface area (Å²) in [5.74, 6) is -1.88. The fraction of sp³-hybridized carbons (Fsp3) is 0.367. The maximum absolute atomic E-state index is 13.5. The number of ether oxygens (including phenoxy) is 1. The van der Waals surface area contributed by atoms with Crippen LogP contribution in [-0.4, -0.2) is 47.9 Å². The number of aliphatic carboxylic acids is 1. The van der Waals surface area contributed by atoms with Crippen molar-refractivity contribution in [1.82, 2.24) is 5.32 Å². The summed E-state index contributed by atoms with van der Waals surface area (Å²) in [5, 5.41) is 21.8. The summed E-state index contributed by atoms with van der Waals surface area (Å²) in [6.45, 7) is 2.21. The van der Waals surface area contributed by atoms with Crippen LogP contribution < -0.4 is 15.0 Å². The van der Waals surface area contributed by atoms with E-state index in [1.54, 1.807) is 11.8 Å². The van der Waals surface area contributed by atoms with E-state index in [-0.39, 0.29) is 16.7 Å². The number of aromatic carboxylic acids is 1. The number of nitrogens with zero attached hydrogens (tertiary/aromatic N) is 1. The van der Waals surface area contributed by atoms with Gasteiger partial charge in [0, 0.05) is 29.2 Å². The third-order valence-corrected chi connectivity index (χ3v) is 8.30. The number of carbonyl (C=O) groups excluding carboxylic acids is 1. The number of carboxylic acids is 2. The topological polar surface area (TPSA) is 116 Å². The molecule has 2 aromatic carbocycles. The Bertz CT molecular complexity index is 1300. The van der Waals surface area contributed by atoms with Crippen molar-refractivity contribution in [1.29, 1.82) is 0 Å². The minimum absolute atomic E-state index is 0.0492. The van der Waals surface area contributed by atoms with E-state index < -0.39 is 18.5 Å². The number of benzene rings is 2. The Kier molecular flexibility index (Phi) is 9.59. The lowest BCUT2D eigenvalue weighted by atomic mass is 9.89. The molecule has 1 heterocycles. The first kappa shape index (κ1) is 28.2. The van der Waals surface area contributed by atoms with Gasteiger partial charge in [0.2, 0.25) is 0 Å². The molecule has 2 amide bonds. The standard InChI is InChI=1S/C30H34N2O6S/c1-20-26(38-19-25(33)34)28(29(35)36)39-27(20)23-13-8-14-24(17-23)32(18-22-11-6-3-7-12-22)30(37)31-16-15-21-9-4-2-5-10-21/h2,4-5,8-10,13-14,17,22H,3,6-7,11-12,15-16,18-19H2,1H3,(H,31,37)(H,33,34)(H,35,36). The number of thiophene rings is 1. The molecule has 1 aromatic heterocycles. The van der Waals surface area contributed by atoms with Crippen LogP contribution in [0.4, 0.5) is 10.5 Å². The summed E-state index contributed by atoms with van der Waals surface area (Å²) in [6, 6.07) is 17.4. The van der Waals surface area contributed by atoms with Crippen LogP contribution in [0.15, 0.2) is 54.6 Å². The van der Waals surface area contributed by atoms with Gasteiger partial charge in [0.05, 0.1) is 0 Å². The lowest BCUT2D eigenvalue weighted by Crippen LogP contribution is -2.43. The fourth-order valence-electron chi connectivity index (χ4n) is 5.02. The highest BCUT2D eigenvalue weighted by atomic mass is 32.1. The molecule has 206 valence electrons. The fourth-order valence-corrected chi connectivity index (χ4v) is 6.11. The van der Waals surface area contributed by atoms with Gasteiger partial charge in [-0.25, -0.2) is 14.4 Å². The van der Waals surface area contributed by atoms with Gasteiger partial charge < -0.3 is 20.3 Å². The predicted octanol–water partition coefficient (Wildman–Crippen LogP) is 6.22. The van der Waals surface area contributed by atoms with E-state index in [1.807, 2.05) is 54.6 Å². The number of rotatable bonds is 11. The van der Waals surface area contributed by atoms with E-state index in [4.69, 9.17) is 9.84 Å². The zero-order valence-corrected chi connectivity index (χ0v) is 22.8. The molecular weight excluding hydrogens is 516 g/mol. The van der Waals surface area contributed by atoms with Crippen LogP contribution in [-0.2, 0) is 11.2 Å². The van der Waals surface area contributed by atoms with E-state index in [0.717, 1.165) is 47.4 Å². The Labute approximate surface area is 232 Å². The summed E-state index contributed by atoms with van der Waals surface area (Å²) in [5.41, 5.74) is 3.19. The molecule has 39 heavy (non-hydrogen) atoms. The zero-order chi connectivity index (χ0) is 27.8. The first-order valence-electron chi connectivity index (χ1n) is 13.2. The maximum atomic E-state index is 13.5. The van der Waals surface area contributed by atoms with Crippen LogP contribution in [0.1, 0.15) is 52.9 Å². The number of nitrogens with one attached hydrogen (secondary N) is 1. The summed E-state index contributed by atoms with van der Waals surface area (Å²) in [6.07, 6.45) is 6.47. The van der Waals surface area contributed by atoms with Crippen molar-refractivity contribution in [3.8, 4) is 16.2 Å². The molecule has 8 nitrogen and oxygen atoms in total. The Morgan fingerprint density at radius 1 is 1.03 bits per heavy atom. The predicted molar refractivity (Wildman–Crippen MR) is 152 cm³/mol. The van der Waals surface area contributed by atoms with Crippen molar-refractivity contribution in [3.05, 3.63) is 70.6 Å². The van der Waals surface area contributed by atoms with Crippen molar-refractivity contribution in [2.24, 2.45) is 5.92 Å². The molecule has 0 atom stereocenters. The van der Waals surface area contributed by atoms with Crippen molar-refractivity contribution < 1.29 is 29.3 Å². The lowest BCUT2D eigenvalue weighted by Gasteiger charge is -2.30. The minimum atomic E-state index is -1.18. The molecule has 0 unspecified atom stereocenters. The van der Waals surface area contributed by atoms with Gasteiger partial charge in [-0.05, 0) is 55.4 Å². The van der Waals surface area contributed by atoms with Crippen molar-refractivity contribution >= 4 is 35.0 Å². The third-order valence-electron chi connectivity index (χ3n) is 6.99. The molecule has 1 saturated carbocycles. The normalized spacial score (nSPS) is 13.6. The highest BCUT2D eigenvalue weighted by Crippen LogP contribution is 2.42. The number of anilines is 1. The van der Waals surface area contributed by atoms with Crippen molar-refractivity contribution in [2.75, 3.05) is 24.6 Å². The Morgan fingerprint density at radius 3 is 2.46 bits per heavy atom.